The average Bonchev–Trinajstić information content (AvgIpc) is 2.47. The van der Waals surface area contributed by atoms with Gasteiger partial charge in [0.25, 0.3) is 0 Å². The predicted molar refractivity (Wildman–Crippen MR) is 87.8 cm³/mol. The normalized spacial score (nSPS) is 20.6. The first-order valence-corrected chi connectivity index (χ1v) is 8.14. The minimum atomic E-state index is -0.556. The Kier molecular flexibility index (Phi) is 4.24. The summed E-state index contributed by atoms with van der Waals surface area (Å²) in [7, 11) is 1.64. The third kappa shape index (κ3) is 2.96. The maximum Gasteiger partial charge on any atom is 0.130 e. The number of aliphatic hydroxyl groups is 1. The summed E-state index contributed by atoms with van der Waals surface area (Å²) < 4.78 is 13.4. The molecule has 1 N–H and O–H groups in total. The van der Waals surface area contributed by atoms with Crippen LogP contribution >= 0.6 is 31.9 Å². The highest BCUT2D eigenvalue weighted by atomic mass is 79.9. The summed E-state index contributed by atoms with van der Waals surface area (Å²) in [5, 5.41) is 10.4. The summed E-state index contributed by atoms with van der Waals surface area (Å²) in [6, 6.07) is 11.5. The molecule has 0 fully saturated rings. The van der Waals surface area contributed by atoms with Crippen LogP contribution in [0.5, 0.6) is 11.5 Å². The van der Waals surface area contributed by atoms with Crippen molar-refractivity contribution in [2.75, 3.05) is 7.11 Å². The third-order valence-corrected chi connectivity index (χ3v) is 4.56. The quantitative estimate of drug-likeness (QED) is 0.769. The van der Waals surface area contributed by atoms with Crippen LogP contribution in [0.3, 0.4) is 0 Å². The molecule has 2 aromatic carbocycles. The van der Waals surface area contributed by atoms with E-state index in [9.17, 15) is 5.11 Å². The molecule has 5 heteroatoms. The lowest BCUT2D eigenvalue weighted by Crippen LogP contribution is -2.19. The van der Waals surface area contributed by atoms with Crippen molar-refractivity contribution in [3.05, 3.63) is 56.5 Å². The standard InChI is InChI=1S/C16H14Br2O3/c1-20-14-4-2-10(18)7-12(14)16-8-13(19)11-6-9(17)3-5-15(11)21-16/h2-7,13,16,19H,8H2,1H3/t13-,16?/m0/s1. The molecule has 2 atom stereocenters. The number of benzene rings is 2. The van der Waals surface area contributed by atoms with Crippen molar-refractivity contribution in [3.8, 4) is 11.5 Å². The van der Waals surface area contributed by atoms with E-state index in [0.717, 1.165) is 25.8 Å². The highest BCUT2D eigenvalue weighted by Crippen LogP contribution is 2.44. The number of rotatable bonds is 2. The van der Waals surface area contributed by atoms with E-state index in [0.29, 0.717) is 12.2 Å². The molecule has 0 saturated heterocycles. The van der Waals surface area contributed by atoms with Gasteiger partial charge >= 0.3 is 0 Å². The lowest BCUT2D eigenvalue weighted by atomic mass is 9.94. The summed E-state index contributed by atoms with van der Waals surface area (Å²) in [5.74, 6) is 1.47. The fourth-order valence-corrected chi connectivity index (χ4v) is 3.32. The van der Waals surface area contributed by atoms with Crippen molar-refractivity contribution in [2.24, 2.45) is 0 Å². The topological polar surface area (TPSA) is 38.7 Å². The van der Waals surface area contributed by atoms with Gasteiger partial charge in [0.2, 0.25) is 0 Å². The van der Waals surface area contributed by atoms with Gasteiger partial charge in [-0.25, -0.2) is 0 Å². The van der Waals surface area contributed by atoms with Gasteiger partial charge in [-0.3, -0.25) is 0 Å². The van der Waals surface area contributed by atoms with Crippen molar-refractivity contribution in [3.63, 3.8) is 0 Å². The minimum absolute atomic E-state index is 0.235. The van der Waals surface area contributed by atoms with E-state index in [1.165, 1.54) is 0 Å². The molecule has 0 radical (unpaired) electrons. The number of hydrogen-bond acceptors (Lipinski definition) is 3. The third-order valence-electron chi connectivity index (χ3n) is 3.58. The van der Waals surface area contributed by atoms with Gasteiger partial charge in [-0.2, -0.15) is 0 Å². The van der Waals surface area contributed by atoms with E-state index in [1.807, 2.05) is 36.4 Å². The van der Waals surface area contributed by atoms with Crippen molar-refractivity contribution in [1.82, 2.24) is 0 Å². The van der Waals surface area contributed by atoms with Gasteiger partial charge in [0.15, 0.2) is 0 Å². The molecule has 0 aliphatic carbocycles. The van der Waals surface area contributed by atoms with Crippen LogP contribution < -0.4 is 9.47 Å². The van der Waals surface area contributed by atoms with Crippen LogP contribution in [0.2, 0.25) is 0 Å². The van der Waals surface area contributed by atoms with Crippen LogP contribution in [0.15, 0.2) is 45.3 Å². The van der Waals surface area contributed by atoms with Gasteiger partial charge in [-0.05, 0) is 36.4 Å². The minimum Gasteiger partial charge on any atom is -0.496 e. The molecule has 21 heavy (non-hydrogen) atoms. The molecule has 2 aromatic rings. The number of fused-ring (bicyclic) bond motifs is 1. The molecule has 0 bridgehead atoms. The SMILES string of the molecule is COc1ccc(Br)cc1C1C[C@H](O)c2cc(Br)ccc2O1. The van der Waals surface area contributed by atoms with E-state index in [-0.39, 0.29) is 6.10 Å². The van der Waals surface area contributed by atoms with E-state index in [2.05, 4.69) is 31.9 Å². The van der Waals surface area contributed by atoms with Gasteiger partial charge in [0.1, 0.15) is 17.6 Å². The van der Waals surface area contributed by atoms with Crippen LogP contribution in [-0.2, 0) is 0 Å². The Bertz CT molecular complexity index is 673. The maximum absolute atomic E-state index is 10.4. The molecular formula is C16H14Br2O3. The summed E-state index contributed by atoms with van der Waals surface area (Å²) in [5.41, 5.74) is 1.74. The molecule has 1 unspecified atom stereocenters. The fourth-order valence-electron chi connectivity index (χ4n) is 2.57. The van der Waals surface area contributed by atoms with Gasteiger partial charge < -0.3 is 14.6 Å². The molecule has 1 aliphatic heterocycles. The average molecular weight is 414 g/mol. The zero-order valence-corrected chi connectivity index (χ0v) is 14.5. The Morgan fingerprint density at radius 2 is 1.76 bits per heavy atom. The Morgan fingerprint density at radius 1 is 1.10 bits per heavy atom. The molecular weight excluding hydrogens is 400 g/mol. The zero-order chi connectivity index (χ0) is 15.0. The van der Waals surface area contributed by atoms with Crippen LogP contribution in [0, 0.1) is 0 Å². The van der Waals surface area contributed by atoms with E-state index >= 15 is 0 Å². The second-order valence-corrected chi connectivity index (χ2v) is 6.76. The second kappa shape index (κ2) is 5.99. The summed E-state index contributed by atoms with van der Waals surface area (Å²) >= 11 is 6.89. The first kappa shape index (κ1) is 14.9. The van der Waals surface area contributed by atoms with E-state index in [4.69, 9.17) is 9.47 Å². The number of hydrogen-bond donors (Lipinski definition) is 1. The van der Waals surface area contributed by atoms with Gasteiger partial charge in [0.05, 0.1) is 13.2 Å². The van der Waals surface area contributed by atoms with Crippen LogP contribution in [-0.4, -0.2) is 12.2 Å². The lowest BCUT2D eigenvalue weighted by Gasteiger charge is -2.30. The molecule has 3 nitrogen and oxygen atoms in total. The molecule has 1 aliphatic rings. The second-order valence-electron chi connectivity index (χ2n) is 4.93. The number of aliphatic hydroxyl groups excluding tert-OH is 1. The molecule has 3 rings (SSSR count). The van der Waals surface area contributed by atoms with E-state index in [1.54, 1.807) is 7.11 Å². The van der Waals surface area contributed by atoms with Crippen LogP contribution in [0.4, 0.5) is 0 Å². The molecule has 0 aromatic heterocycles. The Labute approximate surface area is 140 Å². The van der Waals surface area contributed by atoms with E-state index < -0.39 is 6.10 Å². The number of ether oxygens (including phenoxy) is 2. The summed E-state index contributed by atoms with van der Waals surface area (Å²) in [6.07, 6.45) is -0.294. The molecule has 110 valence electrons. The van der Waals surface area contributed by atoms with Gasteiger partial charge in [0, 0.05) is 26.5 Å². The monoisotopic (exact) mass is 412 g/mol. The molecule has 0 saturated carbocycles. The Balaban J connectivity index is 1.99. The molecule has 1 heterocycles. The van der Waals surface area contributed by atoms with Gasteiger partial charge in [-0.1, -0.05) is 31.9 Å². The van der Waals surface area contributed by atoms with Crippen molar-refractivity contribution in [2.45, 2.75) is 18.6 Å². The summed E-state index contributed by atoms with van der Waals surface area (Å²) in [6.45, 7) is 0. The highest BCUT2D eigenvalue weighted by Gasteiger charge is 2.30. The first-order chi connectivity index (χ1) is 10.1. The van der Waals surface area contributed by atoms with Gasteiger partial charge in [-0.15, -0.1) is 0 Å². The lowest BCUT2D eigenvalue weighted by molar-refractivity contribution is 0.0644. The highest BCUT2D eigenvalue weighted by molar-refractivity contribution is 9.10. The fraction of sp³-hybridized carbons (Fsp3) is 0.250. The van der Waals surface area contributed by atoms with Crippen molar-refractivity contribution >= 4 is 31.9 Å². The molecule has 0 amide bonds. The smallest absolute Gasteiger partial charge is 0.130 e. The maximum atomic E-state index is 10.4. The Morgan fingerprint density at radius 3 is 2.48 bits per heavy atom. The zero-order valence-electron chi connectivity index (χ0n) is 11.3. The molecule has 0 spiro atoms. The van der Waals surface area contributed by atoms with Crippen molar-refractivity contribution < 1.29 is 14.6 Å². The first-order valence-electron chi connectivity index (χ1n) is 6.56. The number of halogens is 2. The summed E-state index contributed by atoms with van der Waals surface area (Å²) in [4.78, 5) is 0. The Hall–Kier alpha value is -1.04. The predicted octanol–water partition coefficient (Wildman–Crippen LogP) is 4.78. The van der Waals surface area contributed by atoms with Crippen LogP contribution in [0.25, 0.3) is 0 Å². The van der Waals surface area contributed by atoms with Crippen molar-refractivity contribution in [1.29, 1.82) is 0 Å². The number of methoxy groups -OCH3 is 1. The largest absolute Gasteiger partial charge is 0.496 e. The van der Waals surface area contributed by atoms with Crippen LogP contribution in [0.1, 0.15) is 29.8 Å².